The number of benzene rings is 2. The molecular weight excluding hydrogens is 322 g/mol. The standard InChI is InChI=1S/C19H19NO5/c21-10-16-19(23)14(22)9-17(25-16)24-15-7-3-5-12-8-11-4-1-2-6-13(11)20-18(12)15/h1-8,14,16-17,19,21-23H,9-10H2. The van der Waals surface area contributed by atoms with E-state index in [1.807, 2.05) is 42.5 Å². The first-order valence-electron chi connectivity index (χ1n) is 8.23. The molecule has 4 unspecified atom stereocenters. The van der Waals surface area contributed by atoms with Gasteiger partial charge in [0.15, 0.2) is 0 Å². The van der Waals surface area contributed by atoms with Gasteiger partial charge in [-0.3, -0.25) is 0 Å². The summed E-state index contributed by atoms with van der Waals surface area (Å²) in [6, 6.07) is 15.5. The average Bonchev–Trinajstić information content (AvgIpc) is 2.63. The van der Waals surface area contributed by atoms with Gasteiger partial charge in [-0.25, -0.2) is 4.98 Å². The molecule has 0 aliphatic carbocycles. The van der Waals surface area contributed by atoms with Crippen molar-refractivity contribution in [3.63, 3.8) is 0 Å². The minimum Gasteiger partial charge on any atom is -0.463 e. The smallest absolute Gasteiger partial charge is 0.203 e. The van der Waals surface area contributed by atoms with Crippen molar-refractivity contribution in [1.82, 2.24) is 4.98 Å². The number of pyridine rings is 1. The van der Waals surface area contributed by atoms with Gasteiger partial charge < -0.3 is 24.8 Å². The van der Waals surface area contributed by atoms with E-state index in [0.29, 0.717) is 11.3 Å². The van der Waals surface area contributed by atoms with E-state index in [1.165, 1.54) is 0 Å². The zero-order valence-electron chi connectivity index (χ0n) is 13.4. The van der Waals surface area contributed by atoms with Crippen LogP contribution in [0.1, 0.15) is 6.42 Å². The summed E-state index contributed by atoms with van der Waals surface area (Å²) in [7, 11) is 0. The number of aromatic nitrogens is 1. The Morgan fingerprint density at radius 1 is 1.08 bits per heavy atom. The first kappa shape index (κ1) is 16.2. The van der Waals surface area contributed by atoms with Crippen LogP contribution in [0, 0.1) is 0 Å². The maximum Gasteiger partial charge on any atom is 0.203 e. The van der Waals surface area contributed by atoms with E-state index in [0.717, 1.165) is 16.3 Å². The van der Waals surface area contributed by atoms with Crippen molar-refractivity contribution < 1.29 is 24.8 Å². The third-order valence-electron chi connectivity index (χ3n) is 4.48. The number of fused-ring (bicyclic) bond motifs is 2. The van der Waals surface area contributed by atoms with E-state index in [4.69, 9.17) is 9.47 Å². The van der Waals surface area contributed by atoms with E-state index < -0.39 is 31.2 Å². The van der Waals surface area contributed by atoms with Crippen molar-refractivity contribution in [2.45, 2.75) is 31.0 Å². The second-order valence-corrected chi connectivity index (χ2v) is 6.21. The van der Waals surface area contributed by atoms with Crippen molar-refractivity contribution in [2.24, 2.45) is 0 Å². The van der Waals surface area contributed by atoms with E-state index in [9.17, 15) is 15.3 Å². The van der Waals surface area contributed by atoms with Crippen LogP contribution in [0.15, 0.2) is 48.5 Å². The zero-order chi connectivity index (χ0) is 17.4. The molecule has 4 rings (SSSR count). The highest BCUT2D eigenvalue weighted by atomic mass is 16.7. The number of rotatable bonds is 3. The van der Waals surface area contributed by atoms with Crippen LogP contribution < -0.4 is 4.74 Å². The molecule has 0 saturated carbocycles. The van der Waals surface area contributed by atoms with Gasteiger partial charge in [0.05, 0.1) is 18.2 Å². The second-order valence-electron chi connectivity index (χ2n) is 6.21. The van der Waals surface area contributed by atoms with Crippen molar-refractivity contribution >= 4 is 21.8 Å². The maximum atomic E-state index is 9.95. The Bertz CT molecular complexity index is 899. The van der Waals surface area contributed by atoms with Gasteiger partial charge >= 0.3 is 0 Å². The fourth-order valence-electron chi connectivity index (χ4n) is 3.15. The molecule has 0 amide bonds. The van der Waals surface area contributed by atoms with Crippen molar-refractivity contribution in [3.05, 3.63) is 48.5 Å². The van der Waals surface area contributed by atoms with Crippen LogP contribution in [-0.4, -0.2) is 51.5 Å². The van der Waals surface area contributed by atoms with E-state index in [-0.39, 0.29) is 6.42 Å². The molecule has 25 heavy (non-hydrogen) atoms. The summed E-state index contributed by atoms with van der Waals surface area (Å²) in [6.45, 7) is -0.392. The summed E-state index contributed by atoms with van der Waals surface area (Å²) in [5.41, 5.74) is 1.56. The summed E-state index contributed by atoms with van der Waals surface area (Å²) >= 11 is 0. The Hall–Kier alpha value is -2.25. The topological polar surface area (TPSA) is 92.0 Å². The third-order valence-corrected chi connectivity index (χ3v) is 4.48. The molecule has 0 spiro atoms. The van der Waals surface area contributed by atoms with Gasteiger partial charge in [0.1, 0.15) is 23.5 Å². The van der Waals surface area contributed by atoms with Crippen molar-refractivity contribution in [2.75, 3.05) is 6.61 Å². The van der Waals surface area contributed by atoms with Crippen LogP contribution in [0.5, 0.6) is 5.75 Å². The van der Waals surface area contributed by atoms with Crippen LogP contribution in [0.2, 0.25) is 0 Å². The summed E-state index contributed by atoms with van der Waals surface area (Å²) in [5, 5.41) is 31.0. The molecule has 130 valence electrons. The Kier molecular flexibility index (Phi) is 4.27. The highest BCUT2D eigenvalue weighted by molar-refractivity contribution is 5.95. The van der Waals surface area contributed by atoms with Gasteiger partial charge in [-0.15, -0.1) is 0 Å². The monoisotopic (exact) mass is 341 g/mol. The molecule has 1 fully saturated rings. The van der Waals surface area contributed by atoms with E-state index in [1.54, 1.807) is 6.07 Å². The van der Waals surface area contributed by atoms with Gasteiger partial charge in [-0.05, 0) is 18.2 Å². The van der Waals surface area contributed by atoms with E-state index in [2.05, 4.69) is 4.98 Å². The summed E-state index contributed by atoms with van der Waals surface area (Å²) < 4.78 is 11.4. The number of hydrogen-bond acceptors (Lipinski definition) is 6. The summed E-state index contributed by atoms with van der Waals surface area (Å²) in [6.07, 6.45) is -3.67. The molecule has 3 aromatic rings. The lowest BCUT2D eigenvalue weighted by atomic mass is 10.0. The fourth-order valence-corrected chi connectivity index (χ4v) is 3.15. The predicted molar refractivity (Wildman–Crippen MR) is 92.3 cm³/mol. The Morgan fingerprint density at radius 3 is 2.72 bits per heavy atom. The minimum atomic E-state index is -1.13. The third kappa shape index (κ3) is 3.05. The average molecular weight is 341 g/mol. The molecule has 6 nitrogen and oxygen atoms in total. The molecule has 1 aromatic heterocycles. The maximum absolute atomic E-state index is 9.95. The lowest BCUT2D eigenvalue weighted by Crippen LogP contribution is -2.51. The van der Waals surface area contributed by atoms with Crippen LogP contribution in [-0.2, 0) is 4.74 Å². The molecule has 1 aliphatic rings. The zero-order valence-corrected chi connectivity index (χ0v) is 13.4. The Morgan fingerprint density at radius 2 is 1.88 bits per heavy atom. The largest absolute Gasteiger partial charge is 0.463 e. The number of aliphatic hydroxyl groups is 3. The number of ether oxygens (including phenoxy) is 2. The highest BCUT2D eigenvalue weighted by Gasteiger charge is 2.37. The number of para-hydroxylation sites is 2. The lowest BCUT2D eigenvalue weighted by Gasteiger charge is -2.36. The molecule has 4 atom stereocenters. The fraction of sp³-hybridized carbons (Fsp3) is 0.316. The number of hydrogen-bond donors (Lipinski definition) is 3. The first-order valence-corrected chi connectivity index (χ1v) is 8.23. The molecule has 1 saturated heterocycles. The molecule has 2 heterocycles. The molecule has 6 heteroatoms. The summed E-state index contributed by atoms with van der Waals surface area (Å²) in [4.78, 5) is 4.67. The van der Waals surface area contributed by atoms with Crippen LogP contribution in [0.4, 0.5) is 0 Å². The molecule has 0 bridgehead atoms. The number of aliphatic hydroxyl groups excluding tert-OH is 3. The van der Waals surface area contributed by atoms with Gasteiger partial charge in [-0.2, -0.15) is 0 Å². The van der Waals surface area contributed by atoms with Gasteiger partial charge in [-0.1, -0.05) is 30.3 Å². The second kappa shape index (κ2) is 6.57. The van der Waals surface area contributed by atoms with Gasteiger partial charge in [0.2, 0.25) is 6.29 Å². The molecule has 0 radical (unpaired) electrons. The minimum absolute atomic E-state index is 0.113. The SMILES string of the molecule is OCC1OC(Oc2cccc3cc4ccccc4nc23)CC(O)C1O. The van der Waals surface area contributed by atoms with Crippen molar-refractivity contribution in [3.8, 4) is 5.75 Å². The van der Waals surface area contributed by atoms with Gasteiger partial charge in [0.25, 0.3) is 0 Å². The predicted octanol–water partition coefficient (Wildman–Crippen LogP) is 1.60. The van der Waals surface area contributed by atoms with Crippen molar-refractivity contribution in [1.29, 1.82) is 0 Å². The molecule has 3 N–H and O–H groups in total. The molecule has 1 aliphatic heterocycles. The molecule has 2 aromatic carbocycles. The van der Waals surface area contributed by atoms with Crippen LogP contribution in [0.25, 0.3) is 21.8 Å². The quantitative estimate of drug-likeness (QED) is 0.627. The normalized spacial score (nSPS) is 26.8. The van der Waals surface area contributed by atoms with E-state index >= 15 is 0 Å². The highest BCUT2D eigenvalue weighted by Crippen LogP contribution is 2.30. The van der Waals surface area contributed by atoms with Crippen LogP contribution >= 0.6 is 0 Å². The summed E-state index contributed by atoms with van der Waals surface area (Å²) in [5.74, 6) is 0.536. The first-order chi connectivity index (χ1) is 12.2. The Labute approximate surface area is 144 Å². The number of nitrogens with zero attached hydrogens (tertiary/aromatic N) is 1. The lowest BCUT2D eigenvalue weighted by molar-refractivity contribution is -0.229. The molecular formula is C19H19NO5. The van der Waals surface area contributed by atoms with Gasteiger partial charge in [0, 0.05) is 17.2 Å². The van der Waals surface area contributed by atoms with Crippen LogP contribution in [0.3, 0.4) is 0 Å². The Balaban J connectivity index is 1.68.